The first-order valence-electron chi connectivity index (χ1n) is 8.05. The summed E-state index contributed by atoms with van der Waals surface area (Å²) in [6, 6.07) is 15.5. The number of hydrogen-bond acceptors (Lipinski definition) is 4. The van der Waals surface area contributed by atoms with E-state index in [1.807, 2.05) is 63.2 Å². The molecule has 0 aliphatic rings. The molecule has 0 bridgehead atoms. The molecule has 0 spiro atoms. The molecule has 0 saturated heterocycles. The lowest BCUT2D eigenvalue weighted by atomic mass is 10.1. The zero-order valence-electron chi connectivity index (χ0n) is 14.5. The number of aryl methyl sites for hydroxylation is 3. The second-order valence-corrected chi connectivity index (χ2v) is 6.06. The Kier molecular flexibility index (Phi) is 4.75. The van der Waals surface area contributed by atoms with Gasteiger partial charge in [-0.2, -0.15) is 0 Å². The average Bonchev–Trinajstić information content (AvgIpc) is 2.57. The molecule has 0 fully saturated rings. The smallest absolute Gasteiger partial charge is 0.274 e. The van der Waals surface area contributed by atoms with Crippen molar-refractivity contribution in [3.05, 3.63) is 77.2 Å². The fourth-order valence-corrected chi connectivity index (χ4v) is 2.56. The van der Waals surface area contributed by atoms with Crippen LogP contribution in [0.1, 0.15) is 27.2 Å². The van der Waals surface area contributed by atoms with Gasteiger partial charge < -0.3 is 10.6 Å². The van der Waals surface area contributed by atoms with E-state index in [1.54, 1.807) is 6.07 Å². The predicted octanol–water partition coefficient (Wildman–Crippen LogP) is 4.40. The van der Waals surface area contributed by atoms with Crippen molar-refractivity contribution in [3.8, 4) is 0 Å². The van der Waals surface area contributed by atoms with Crippen molar-refractivity contribution in [2.45, 2.75) is 20.8 Å². The van der Waals surface area contributed by atoms with Gasteiger partial charge in [0.05, 0.1) is 0 Å². The van der Waals surface area contributed by atoms with Crippen LogP contribution in [-0.2, 0) is 0 Å². The largest absolute Gasteiger partial charge is 0.340 e. The van der Waals surface area contributed by atoms with Crippen molar-refractivity contribution >= 4 is 23.1 Å². The summed E-state index contributed by atoms with van der Waals surface area (Å²) in [7, 11) is 0. The highest BCUT2D eigenvalue weighted by molar-refractivity contribution is 6.03. The summed E-state index contributed by atoms with van der Waals surface area (Å²) in [5.74, 6) is 0.313. The highest BCUT2D eigenvalue weighted by Gasteiger charge is 2.11. The molecule has 126 valence electrons. The molecule has 3 aromatic rings. The minimum Gasteiger partial charge on any atom is -0.340 e. The predicted molar refractivity (Wildman–Crippen MR) is 100 cm³/mol. The number of carbonyl (C=O) groups is 1. The lowest BCUT2D eigenvalue weighted by Gasteiger charge is -2.10. The molecule has 0 radical (unpaired) electrons. The van der Waals surface area contributed by atoms with Gasteiger partial charge in [-0.25, -0.2) is 9.97 Å². The van der Waals surface area contributed by atoms with Crippen LogP contribution in [-0.4, -0.2) is 15.9 Å². The third-order valence-electron chi connectivity index (χ3n) is 3.82. The van der Waals surface area contributed by atoms with Crippen molar-refractivity contribution in [3.63, 3.8) is 0 Å². The quantitative estimate of drug-likeness (QED) is 0.743. The van der Waals surface area contributed by atoms with Crippen LogP contribution in [0.2, 0.25) is 0 Å². The van der Waals surface area contributed by atoms with Crippen LogP contribution in [0, 0.1) is 20.8 Å². The molecule has 3 rings (SSSR count). The SMILES string of the molecule is Cc1cccc(Nc2cc(C(=O)Nc3ccc(C)cc3C)ncn2)c1. The number of amides is 1. The summed E-state index contributed by atoms with van der Waals surface area (Å²) in [5.41, 5.74) is 5.32. The molecular weight excluding hydrogens is 312 g/mol. The Bertz CT molecular complexity index is 921. The second-order valence-electron chi connectivity index (χ2n) is 6.06. The molecule has 0 unspecified atom stereocenters. The maximum Gasteiger partial charge on any atom is 0.274 e. The number of carbonyl (C=O) groups excluding carboxylic acids is 1. The maximum atomic E-state index is 12.5. The van der Waals surface area contributed by atoms with Gasteiger partial charge >= 0.3 is 0 Å². The van der Waals surface area contributed by atoms with E-state index in [1.165, 1.54) is 6.33 Å². The van der Waals surface area contributed by atoms with Crippen LogP contribution >= 0.6 is 0 Å². The van der Waals surface area contributed by atoms with E-state index in [0.29, 0.717) is 11.5 Å². The molecule has 1 heterocycles. The zero-order valence-corrected chi connectivity index (χ0v) is 14.5. The van der Waals surface area contributed by atoms with Crippen molar-refractivity contribution in [2.75, 3.05) is 10.6 Å². The Hall–Kier alpha value is -3.21. The van der Waals surface area contributed by atoms with Crippen LogP contribution in [0.15, 0.2) is 54.9 Å². The Morgan fingerprint density at radius 2 is 1.72 bits per heavy atom. The fraction of sp³-hybridized carbons (Fsp3) is 0.150. The van der Waals surface area contributed by atoms with Crippen molar-refractivity contribution in [1.82, 2.24) is 9.97 Å². The Morgan fingerprint density at radius 1 is 0.920 bits per heavy atom. The van der Waals surface area contributed by atoms with E-state index >= 15 is 0 Å². The van der Waals surface area contributed by atoms with Gasteiger partial charge in [-0.05, 0) is 50.1 Å². The highest BCUT2D eigenvalue weighted by Crippen LogP contribution is 2.18. The van der Waals surface area contributed by atoms with E-state index in [4.69, 9.17) is 0 Å². The second kappa shape index (κ2) is 7.13. The lowest BCUT2D eigenvalue weighted by Crippen LogP contribution is -2.15. The number of nitrogens with one attached hydrogen (secondary N) is 2. The van der Waals surface area contributed by atoms with Crippen LogP contribution in [0.25, 0.3) is 0 Å². The number of nitrogens with zero attached hydrogens (tertiary/aromatic N) is 2. The number of anilines is 3. The van der Waals surface area contributed by atoms with Crippen molar-refractivity contribution < 1.29 is 4.79 Å². The molecule has 2 aromatic carbocycles. The van der Waals surface area contributed by atoms with E-state index in [2.05, 4.69) is 20.6 Å². The van der Waals surface area contributed by atoms with Gasteiger partial charge in [-0.1, -0.05) is 29.8 Å². The lowest BCUT2D eigenvalue weighted by molar-refractivity contribution is 0.102. The first kappa shape index (κ1) is 16.6. The maximum absolute atomic E-state index is 12.5. The summed E-state index contributed by atoms with van der Waals surface area (Å²) in [4.78, 5) is 20.7. The minimum atomic E-state index is -0.262. The van der Waals surface area contributed by atoms with Gasteiger partial charge in [0.15, 0.2) is 0 Å². The topological polar surface area (TPSA) is 66.9 Å². The molecule has 0 atom stereocenters. The Balaban J connectivity index is 1.77. The molecule has 2 N–H and O–H groups in total. The summed E-state index contributed by atoms with van der Waals surface area (Å²) >= 11 is 0. The number of hydrogen-bond donors (Lipinski definition) is 2. The summed E-state index contributed by atoms with van der Waals surface area (Å²) < 4.78 is 0. The highest BCUT2D eigenvalue weighted by atomic mass is 16.1. The van der Waals surface area contributed by atoms with Gasteiger partial charge in [0, 0.05) is 17.4 Å². The molecule has 25 heavy (non-hydrogen) atoms. The molecular formula is C20H20N4O. The van der Waals surface area contributed by atoms with Crippen molar-refractivity contribution in [2.24, 2.45) is 0 Å². The molecule has 5 nitrogen and oxygen atoms in total. The first-order chi connectivity index (χ1) is 12.0. The first-order valence-corrected chi connectivity index (χ1v) is 8.05. The number of rotatable bonds is 4. The van der Waals surface area contributed by atoms with Crippen LogP contribution < -0.4 is 10.6 Å². The van der Waals surface area contributed by atoms with E-state index < -0.39 is 0 Å². The molecule has 0 aliphatic carbocycles. The van der Waals surface area contributed by atoms with Gasteiger partial charge in [0.1, 0.15) is 17.8 Å². The monoisotopic (exact) mass is 332 g/mol. The molecule has 1 aromatic heterocycles. The summed E-state index contributed by atoms with van der Waals surface area (Å²) in [5, 5.41) is 6.09. The van der Waals surface area contributed by atoms with Gasteiger partial charge in [-0.15, -0.1) is 0 Å². The van der Waals surface area contributed by atoms with Crippen LogP contribution in [0.5, 0.6) is 0 Å². The van der Waals surface area contributed by atoms with Gasteiger partial charge in [-0.3, -0.25) is 4.79 Å². The normalized spacial score (nSPS) is 10.4. The summed E-state index contributed by atoms with van der Waals surface area (Å²) in [6.07, 6.45) is 1.38. The van der Waals surface area contributed by atoms with Crippen LogP contribution in [0.4, 0.5) is 17.2 Å². The Morgan fingerprint density at radius 3 is 2.48 bits per heavy atom. The average molecular weight is 332 g/mol. The van der Waals surface area contributed by atoms with Crippen LogP contribution in [0.3, 0.4) is 0 Å². The number of benzene rings is 2. The van der Waals surface area contributed by atoms with Crippen molar-refractivity contribution in [1.29, 1.82) is 0 Å². The molecule has 1 amide bonds. The molecule has 0 saturated carbocycles. The number of aromatic nitrogens is 2. The van der Waals surface area contributed by atoms with Gasteiger partial charge in [0.2, 0.25) is 0 Å². The standard InChI is InChI=1S/C20H20N4O/c1-13-5-4-6-16(10-13)23-19-11-18(21-12-22-19)20(25)24-17-8-7-14(2)9-15(17)3/h4-12H,1-3H3,(H,24,25)(H,21,22,23). The zero-order chi connectivity index (χ0) is 17.8. The Labute approximate surface area is 147 Å². The summed E-state index contributed by atoms with van der Waals surface area (Å²) in [6.45, 7) is 6.01. The third-order valence-corrected chi connectivity index (χ3v) is 3.82. The fourth-order valence-electron chi connectivity index (χ4n) is 2.56. The van der Waals surface area contributed by atoms with E-state index in [-0.39, 0.29) is 5.91 Å². The van der Waals surface area contributed by atoms with E-state index in [0.717, 1.165) is 28.1 Å². The minimum absolute atomic E-state index is 0.262. The van der Waals surface area contributed by atoms with Gasteiger partial charge in [0.25, 0.3) is 5.91 Å². The third kappa shape index (κ3) is 4.20. The van der Waals surface area contributed by atoms with E-state index in [9.17, 15) is 4.79 Å². The molecule has 5 heteroatoms. The molecule has 0 aliphatic heterocycles.